The Morgan fingerprint density at radius 1 is 1.44 bits per heavy atom. The molecule has 2 rings (SSSR count). The number of ether oxygens (including phenoxy) is 1. The van der Waals surface area contributed by atoms with E-state index in [0.717, 1.165) is 38.1 Å². The molecule has 0 spiro atoms. The third-order valence-corrected chi connectivity index (χ3v) is 3.87. The van der Waals surface area contributed by atoms with E-state index in [2.05, 4.69) is 18.3 Å². The van der Waals surface area contributed by atoms with Gasteiger partial charge in [-0.2, -0.15) is 0 Å². The molecule has 1 saturated carbocycles. The lowest BCUT2D eigenvalue weighted by molar-refractivity contribution is 0.153. The first-order chi connectivity index (χ1) is 7.84. The summed E-state index contributed by atoms with van der Waals surface area (Å²) < 4.78 is 5.31. The van der Waals surface area contributed by atoms with E-state index in [1.165, 1.54) is 32.1 Å². The molecule has 1 heterocycles. The van der Waals surface area contributed by atoms with Crippen molar-refractivity contribution in [2.75, 3.05) is 19.8 Å². The van der Waals surface area contributed by atoms with Gasteiger partial charge in [0.15, 0.2) is 0 Å². The Balaban J connectivity index is 1.61. The SMILES string of the molecule is CC1CCCC(NCCC2=CCOCC2)C1. The summed E-state index contributed by atoms with van der Waals surface area (Å²) in [6.07, 6.45) is 10.2. The minimum Gasteiger partial charge on any atom is -0.377 e. The van der Waals surface area contributed by atoms with Gasteiger partial charge in [0.1, 0.15) is 0 Å². The van der Waals surface area contributed by atoms with Gasteiger partial charge in [-0.1, -0.05) is 31.4 Å². The molecule has 1 N–H and O–H groups in total. The molecule has 0 amide bonds. The topological polar surface area (TPSA) is 21.3 Å². The first-order valence-corrected chi connectivity index (χ1v) is 6.83. The van der Waals surface area contributed by atoms with Crippen LogP contribution in [0.5, 0.6) is 0 Å². The molecule has 2 atom stereocenters. The van der Waals surface area contributed by atoms with Crippen molar-refractivity contribution in [3.63, 3.8) is 0 Å². The highest BCUT2D eigenvalue weighted by Crippen LogP contribution is 2.23. The van der Waals surface area contributed by atoms with Crippen LogP contribution in [0.2, 0.25) is 0 Å². The van der Waals surface area contributed by atoms with E-state index in [-0.39, 0.29) is 0 Å². The summed E-state index contributed by atoms with van der Waals surface area (Å²) in [5.74, 6) is 0.925. The third-order valence-electron chi connectivity index (χ3n) is 3.87. The molecule has 1 aliphatic carbocycles. The van der Waals surface area contributed by atoms with Gasteiger partial charge in [-0.25, -0.2) is 0 Å². The lowest BCUT2D eigenvalue weighted by Crippen LogP contribution is -2.34. The third kappa shape index (κ3) is 3.91. The fourth-order valence-electron chi connectivity index (χ4n) is 2.85. The van der Waals surface area contributed by atoms with Crippen LogP contribution in [0.15, 0.2) is 11.6 Å². The monoisotopic (exact) mass is 223 g/mol. The maximum Gasteiger partial charge on any atom is 0.0650 e. The Morgan fingerprint density at radius 3 is 3.12 bits per heavy atom. The number of hydrogen-bond donors (Lipinski definition) is 1. The van der Waals surface area contributed by atoms with Crippen molar-refractivity contribution in [3.8, 4) is 0 Å². The zero-order valence-electron chi connectivity index (χ0n) is 10.5. The Hall–Kier alpha value is -0.340. The first-order valence-electron chi connectivity index (χ1n) is 6.83. The molecule has 2 heteroatoms. The van der Waals surface area contributed by atoms with Crippen molar-refractivity contribution < 1.29 is 4.74 Å². The van der Waals surface area contributed by atoms with Gasteiger partial charge < -0.3 is 10.1 Å². The van der Waals surface area contributed by atoms with Gasteiger partial charge in [-0.05, 0) is 38.1 Å². The maximum absolute atomic E-state index is 5.31. The molecule has 1 aliphatic heterocycles. The Kier molecular flexibility index (Phi) is 4.86. The van der Waals surface area contributed by atoms with Crippen LogP contribution < -0.4 is 5.32 Å². The highest BCUT2D eigenvalue weighted by atomic mass is 16.5. The smallest absolute Gasteiger partial charge is 0.0650 e. The van der Waals surface area contributed by atoms with E-state index in [9.17, 15) is 0 Å². The second-order valence-corrected chi connectivity index (χ2v) is 5.36. The fourth-order valence-corrected chi connectivity index (χ4v) is 2.85. The van der Waals surface area contributed by atoms with Crippen LogP contribution >= 0.6 is 0 Å². The van der Waals surface area contributed by atoms with Gasteiger partial charge >= 0.3 is 0 Å². The average Bonchev–Trinajstić information content (AvgIpc) is 2.30. The Morgan fingerprint density at radius 2 is 2.38 bits per heavy atom. The summed E-state index contributed by atoms with van der Waals surface area (Å²) in [6.45, 7) is 5.29. The molecule has 2 unspecified atom stereocenters. The highest BCUT2D eigenvalue weighted by Gasteiger charge is 2.17. The summed E-state index contributed by atoms with van der Waals surface area (Å²) in [5.41, 5.74) is 1.59. The number of nitrogens with one attached hydrogen (secondary N) is 1. The van der Waals surface area contributed by atoms with Gasteiger partial charge in [0.2, 0.25) is 0 Å². The quantitative estimate of drug-likeness (QED) is 0.740. The molecule has 0 aromatic carbocycles. The molecule has 16 heavy (non-hydrogen) atoms. The van der Waals surface area contributed by atoms with Crippen molar-refractivity contribution in [2.45, 2.75) is 51.5 Å². The van der Waals surface area contributed by atoms with Gasteiger partial charge in [-0.15, -0.1) is 0 Å². The van der Waals surface area contributed by atoms with E-state index in [0.29, 0.717) is 0 Å². The zero-order chi connectivity index (χ0) is 11.2. The molecular formula is C14H25NO. The fraction of sp³-hybridized carbons (Fsp3) is 0.857. The maximum atomic E-state index is 5.31. The lowest BCUT2D eigenvalue weighted by atomic mass is 9.87. The molecule has 2 aliphatic rings. The van der Waals surface area contributed by atoms with Crippen LogP contribution in [0.3, 0.4) is 0 Å². The van der Waals surface area contributed by atoms with E-state index >= 15 is 0 Å². The molecule has 0 radical (unpaired) electrons. The molecule has 0 aromatic rings. The Bertz CT molecular complexity index is 237. The summed E-state index contributed by atoms with van der Waals surface area (Å²) in [6, 6.07) is 0.782. The van der Waals surface area contributed by atoms with Crippen molar-refractivity contribution in [1.82, 2.24) is 5.32 Å². The molecule has 0 bridgehead atoms. The van der Waals surface area contributed by atoms with Crippen molar-refractivity contribution in [1.29, 1.82) is 0 Å². The summed E-state index contributed by atoms with van der Waals surface area (Å²) in [7, 11) is 0. The summed E-state index contributed by atoms with van der Waals surface area (Å²) >= 11 is 0. The van der Waals surface area contributed by atoms with E-state index in [1.807, 2.05) is 0 Å². The van der Waals surface area contributed by atoms with Gasteiger partial charge in [-0.3, -0.25) is 0 Å². The minimum atomic E-state index is 0.782. The molecule has 92 valence electrons. The normalized spacial score (nSPS) is 31.2. The standard InChI is InChI=1S/C14H25NO/c1-12-3-2-4-14(11-12)15-8-5-13-6-9-16-10-7-13/h6,12,14-15H,2-5,7-11H2,1H3. The van der Waals surface area contributed by atoms with E-state index in [4.69, 9.17) is 4.74 Å². The molecule has 2 nitrogen and oxygen atoms in total. The van der Waals surface area contributed by atoms with Gasteiger partial charge in [0, 0.05) is 6.04 Å². The Labute approximate surface area is 99.4 Å². The first kappa shape index (κ1) is 12.1. The second kappa shape index (κ2) is 6.41. The van der Waals surface area contributed by atoms with E-state index in [1.54, 1.807) is 5.57 Å². The molecule has 0 saturated heterocycles. The summed E-state index contributed by atoms with van der Waals surface area (Å²) in [4.78, 5) is 0. The van der Waals surface area contributed by atoms with Crippen LogP contribution in [0.4, 0.5) is 0 Å². The predicted molar refractivity (Wildman–Crippen MR) is 67.6 cm³/mol. The second-order valence-electron chi connectivity index (χ2n) is 5.36. The van der Waals surface area contributed by atoms with Crippen molar-refractivity contribution in [2.24, 2.45) is 5.92 Å². The summed E-state index contributed by atoms with van der Waals surface area (Å²) in [5, 5.41) is 3.72. The number of rotatable bonds is 4. The van der Waals surface area contributed by atoms with Gasteiger partial charge in [0.05, 0.1) is 13.2 Å². The van der Waals surface area contributed by atoms with Crippen LogP contribution in [0, 0.1) is 5.92 Å². The predicted octanol–water partition coefficient (Wildman–Crippen LogP) is 2.89. The molecule has 0 aromatic heterocycles. The van der Waals surface area contributed by atoms with Crippen LogP contribution in [0.1, 0.15) is 45.4 Å². The van der Waals surface area contributed by atoms with Crippen LogP contribution in [-0.2, 0) is 4.74 Å². The van der Waals surface area contributed by atoms with Crippen molar-refractivity contribution >= 4 is 0 Å². The molecular weight excluding hydrogens is 198 g/mol. The van der Waals surface area contributed by atoms with Crippen molar-refractivity contribution in [3.05, 3.63) is 11.6 Å². The van der Waals surface area contributed by atoms with Crippen LogP contribution in [-0.4, -0.2) is 25.8 Å². The van der Waals surface area contributed by atoms with Gasteiger partial charge in [0.25, 0.3) is 0 Å². The van der Waals surface area contributed by atoms with Crippen LogP contribution in [0.25, 0.3) is 0 Å². The highest BCUT2D eigenvalue weighted by molar-refractivity contribution is 5.04. The van der Waals surface area contributed by atoms with E-state index < -0.39 is 0 Å². The zero-order valence-corrected chi connectivity index (χ0v) is 10.5. The lowest BCUT2D eigenvalue weighted by Gasteiger charge is -2.27. The average molecular weight is 223 g/mol. The minimum absolute atomic E-state index is 0.782. The number of hydrogen-bond acceptors (Lipinski definition) is 2. The largest absolute Gasteiger partial charge is 0.377 e. The molecule has 1 fully saturated rings.